The minimum absolute atomic E-state index is 0.0301. The molecule has 1 aromatic rings. The standard InChI is InChI=1S/C12H14N2O3/c1-4-17-12(16)9-5-8(6-13)11(15)14-10(9)7(2)3/h5,7H,4H2,1-3H3,(H,14,15). The van der Waals surface area contributed by atoms with Crippen molar-refractivity contribution in [3.63, 3.8) is 0 Å². The molecule has 1 aromatic heterocycles. The largest absolute Gasteiger partial charge is 0.492 e. The molecule has 0 aliphatic heterocycles. The van der Waals surface area contributed by atoms with Crippen LogP contribution >= 0.6 is 0 Å². The van der Waals surface area contributed by atoms with Crippen LogP contribution in [0.3, 0.4) is 0 Å². The lowest BCUT2D eigenvalue weighted by Crippen LogP contribution is -2.11. The molecule has 5 nitrogen and oxygen atoms in total. The number of hydrogen-bond acceptors (Lipinski definition) is 5. The molecule has 1 N–H and O–H groups in total. The van der Waals surface area contributed by atoms with E-state index in [1.165, 1.54) is 6.07 Å². The van der Waals surface area contributed by atoms with Gasteiger partial charge in [0.1, 0.15) is 11.6 Å². The summed E-state index contributed by atoms with van der Waals surface area (Å²) in [5.74, 6) is -0.933. The molecule has 0 atom stereocenters. The number of esters is 1. The van der Waals surface area contributed by atoms with Crippen molar-refractivity contribution in [3.05, 3.63) is 22.9 Å². The van der Waals surface area contributed by atoms with E-state index in [9.17, 15) is 9.90 Å². The number of nitriles is 1. The Morgan fingerprint density at radius 3 is 2.76 bits per heavy atom. The van der Waals surface area contributed by atoms with Crippen LogP contribution in [0.4, 0.5) is 0 Å². The molecule has 0 saturated carbocycles. The number of aromatic nitrogens is 1. The zero-order valence-electron chi connectivity index (χ0n) is 10.0. The maximum absolute atomic E-state index is 11.7. The molecule has 0 aliphatic rings. The smallest absolute Gasteiger partial charge is 0.340 e. The lowest BCUT2D eigenvalue weighted by atomic mass is 10.0. The van der Waals surface area contributed by atoms with Crippen molar-refractivity contribution in [1.82, 2.24) is 4.98 Å². The maximum atomic E-state index is 11.7. The fourth-order valence-corrected chi connectivity index (χ4v) is 1.41. The quantitative estimate of drug-likeness (QED) is 0.808. The van der Waals surface area contributed by atoms with Crippen molar-refractivity contribution in [3.8, 4) is 11.9 Å². The van der Waals surface area contributed by atoms with Crippen LogP contribution in [-0.2, 0) is 4.74 Å². The van der Waals surface area contributed by atoms with Gasteiger partial charge in [-0.25, -0.2) is 9.78 Å². The van der Waals surface area contributed by atoms with Crippen LogP contribution in [0.15, 0.2) is 6.07 Å². The molecule has 1 rings (SSSR count). The number of pyridine rings is 1. The second kappa shape index (κ2) is 5.30. The van der Waals surface area contributed by atoms with Gasteiger partial charge < -0.3 is 9.84 Å². The molecule has 0 bridgehead atoms. The fraction of sp³-hybridized carbons (Fsp3) is 0.417. The van der Waals surface area contributed by atoms with Gasteiger partial charge in [0.05, 0.1) is 17.9 Å². The minimum atomic E-state index is -0.528. The molecule has 0 saturated heterocycles. The van der Waals surface area contributed by atoms with Gasteiger partial charge >= 0.3 is 5.97 Å². The highest BCUT2D eigenvalue weighted by Crippen LogP contribution is 2.24. The van der Waals surface area contributed by atoms with Crippen molar-refractivity contribution in [2.45, 2.75) is 26.7 Å². The van der Waals surface area contributed by atoms with Gasteiger partial charge in [-0.05, 0) is 18.9 Å². The van der Waals surface area contributed by atoms with E-state index < -0.39 is 5.97 Å². The van der Waals surface area contributed by atoms with Gasteiger partial charge in [0.15, 0.2) is 0 Å². The molecular formula is C12H14N2O3. The predicted octanol–water partition coefficient (Wildman–Crippen LogP) is 1.96. The fourth-order valence-electron chi connectivity index (χ4n) is 1.41. The molecule has 1 heterocycles. The summed E-state index contributed by atoms with van der Waals surface area (Å²) in [4.78, 5) is 15.6. The lowest BCUT2D eigenvalue weighted by Gasteiger charge is -2.11. The third kappa shape index (κ3) is 2.72. The molecule has 0 spiro atoms. The number of aromatic hydroxyl groups is 1. The zero-order chi connectivity index (χ0) is 13.0. The minimum Gasteiger partial charge on any atom is -0.492 e. The molecule has 17 heavy (non-hydrogen) atoms. The molecule has 0 amide bonds. The Morgan fingerprint density at radius 1 is 1.65 bits per heavy atom. The SMILES string of the molecule is CCOC(=O)c1cc(C#N)c(O)nc1C(C)C. The average Bonchev–Trinajstić information content (AvgIpc) is 2.28. The van der Waals surface area contributed by atoms with Gasteiger partial charge in [0.2, 0.25) is 5.88 Å². The van der Waals surface area contributed by atoms with Crippen LogP contribution in [0.2, 0.25) is 0 Å². The Bertz CT molecular complexity index is 475. The summed E-state index contributed by atoms with van der Waals surface area (Å²) in [7, 11) is 0. The first-order valence-electron chi connectivity index (χ1n) is 5.32. The molecule has 90 valence electrons. The van der Waals surface area contributed by atoms with Crippen LogP contribution < -0.4 is 0 Å². The van der Waals surface area contributed by atoms with E-state index in [0.29, 0.717) is 5.69 Å². The van der Waals surface area contributed by atoms with Crippen LogP contribution in [-0.4, -0.2) is 22.7 Å². The van der Waals surface area contributed by atoms with Crippen LogP contribution in [0.5, 0.6) is 5.88 Å². The number of carbonyl (C=O) groups is 1. The summed E-state index contributed by atoms with van der Waals surface area (Å²) in [5.41, 5.74) is 0.633. The van der Waals surface area contributed by atoms with Crippen molar-refractivity contribution in [2.75, 3.05) is 6.61 Å². The highest BCUT2D eigenvalue weighted by Gasteiger charge is 2.19. The average molecular weight is 234 g/mol. The number of hydrogen-bond donors (Lipinski definition) is 1. The summed E-state index contributed by atoms with van der Waals surface area (Å²) in [6.07, 6.45) is 0. The zero-order valence-corrected chi connectivity index (χ0v) is 10.0. The number of carbonyl (C=O) groups excluding carboxylic acids is 1. The van der Waals surface area contributed by atoms with Crippen molar-refractivity contribution in [2.24, 2.45) is 0 Å². The monoisotopic (exact) mass is 234 g/mol. The second-order valence-electron chi connectivity index (χ2n) is 3.78. The highest BCUT2D eigenvalue weighted by atomic mass is 16.5. The first-order valence-corrected chi connectivity index (χ1v) is 5.32. The van der Waals surface area contributed by atoms with Gasteiger partial charge in [-0.1, -0.05) is 13.8 Å². The maximum Gasteiger partial charge on any atom is 0.340 e. The first kappa shape index (κ1) is 13.0. The lowest BCUT2D eigenvalue weighted by molar-refractivity contribution is 0.0524. The molecule has 0 aliphatic carbocycles. The van der Waals surface area contributed by atoms with Gasteiger partial charge in [-0.15, -0.1) is 0 Å². The summed E-state index contributed by atoms with van der Waals surface area (Å²) >= 11 is 0. The topological polar surface area (TPSA) is 83.2 Å². The van der Waals surface area contributed by atoms with Crippen LogP contribution in [0, 0.1) is 11.3 Å². The Hall–Kier alpha value is -2.09. The van der Waals surface area contributed by atoms with Gasteiger partial charge in [-0.2, -0.15) is 5.26 Å². The van der Waals surface area contributed by atoms with Crippen molar-refractivity contribution >= 4 is 5.97 Å². The highest BCUT2D eigenvalue weighted by molar-refractivity contribution is 5.91. The van der Waals surface area contributed by atoms with E-state index >= 15 is 0 Å². The van der Waals surface area contributed by atoms with Gasteiger partial charge in [0, 0.05) is 0 Å². The summed E-state index contributed by atoms with van der Waals surface area (Å²) in [6, 6.07) is 3.09. The molecule has 5 heteroatoms. The number of nitrogens with zero attached hydrogens (tertiary/aromatic N) is 2. The van der Waals surface area contributed by atoms with E-state index in [0.717, 1.165) is 0 Å². The Kier molecular flexibility index (Phi) is 4.05. The van der Waals surface area contributed by atoms with E-state index in [1.807, 2.05) is 13.8 Å². The summed E-state index contributed by atoms with van der Waals surface area (Å²) in [5, 5.41) is 18.3. The third-order valence-corrected chi connectivity index (χ3v) is 2.19. The van der Waals surface area contributed by atoms with Crippen LogP contribution in [0.25, 0.3) is 0 Å². The van der Waals surface area contributed by atoms with Crippen molar-refractivity contribution in [1.29, 1.82) is 5.26 Å². The summed E-state index contributed by atoms with van der Waals surface area (Å²) in [6.45, 7) is 5.64. The number of ether oxygens (including phenoxy) is 1. The van der Waals surface area contributed by atoms with E-state index in [-0.39, 0.29) is 29.5 Å². The van der Waals surface area contributed by atoms with E-state index in [1.54, 1.807) is 13.0 Å². The molecule has 0 aromatic carbocycles. The molecule has 0 fully saturated rings. The van der Waals surface area contributed by atoms with Gasteiger partial charge in [-0.3, -0.25) is 0 Å². The first-order chi connectivity index (χ1) is 8.01. The third-order valence-electron chi connectivity index (χ3n) is 2.19. The Morgan fingerprint density at radius 2 is 2.29 bits per heavy atom. The normalized spacial score (nSPS) is 10.1. The Labute approximate surface area is 99.7 Å². The molecular weight excluding hydrogens is 220 g/mol. The Balaban J connectivity index is 3.35. The van der Waals surface area contributed by atoms with Gasteiger partial charge in [0.25, 0.3) is 0 Å². The second-order valence-corrected chi connectivity index (χ2v) is 3.78. The van der Waals surface area contributed by atoms with Crippen molar-refractivity contribution < 1.29 is 14.6 Å². The molecule has 0 radical (unpaired) electrons. The van der Waals surface area contributed by atoms with Crippen LogP contribution in [0.1, 0.15) is 48.3 Å². The molecule has 0 unspecified atom stereocenters. The number of rotatable bonds is 3. The predicted molar refractivity (Wildman–Crippen MR) is 60.7 cm³/mol. The van der Waals surface area contributed by atoms with E-state index in [2.05, 4.69) is 4.98 Å². The summed E-state index contributed by atoms with van der Waals surface area (Å²) < 4.78 is 4.89. The van der Waals surface area contributed by atoms with E-state index in [4.69, 9.17) is 10.00 Å².